The number of rotatable bonds is 6. The number of urea groups is 1. The van der Waals surface area contributed by atoms with Crippen LogP contribution in [0.4, 0.5) is 10.5 Å². The Bertz CT molecular complexity index is 1030. The second-order valence-corrected chi connectivity index (χ2v) is 7.05. The fourth-order valence-electron chi connectivity index (χ4n) is 3.09. The summed E-state index contributed by atoms with van der Waals surface area (Å²) in [6.07, 6.45) is 1.41. The summed E-state index contributed by atoms with van der Waals surface area (Å²) in [5, 5.41) is 2.24. The van der Waals surface area contributed by atoms with Gasteiger partial charge in [-0.1, -0.05) is 24.3 Å². The number of amides is 4. The molecule has 0 atom stereocenters. The molecule has 7 nitrogen and oxygen atoms in total. The van der Waals surface area contributed by atoms with Gasteiger partial charge in [0.15, 0.2) is 11.5 Å². The Balaban J connectivity index is 2.00. The number of imide groups is 2. The number of nitrogens with zero attached hydrogens (tertiary/aromatic N) is 1. The molecule has 1 aliphatic heterocycles. The molecule has 0 aromatic heterocycles. The summed E-state index contributed by atoms with van der Waals surface area (Å²) in [5.74, 6) is -0.338. The molecule has 0 spiro atoms. The molecule has 0 radical (unpaired) electrons. The van der Waals surface area contributed by atoms with Crippen molar-refractivity contribution in [3.05, 3.63) is 59.2 Å². The van der Waals surface area contributed by atoms with Crippen molar-refractivity contribution in [3.63, 3.8) is 0 Å². The van der Waals surface area contributed by atoms with Gasteiger partial charge in [0.2, 0.25) is 0 Å². The highest BCUT2D eigenvalue weighted by atomic mass is 16.5. The minimum absolute atomic E-state index is 0.0345. The Morgan fingerprint density at radius 2 is 1.80 bits per heavy atom. The Hall–Kier alpha value is -3.61. The third kappa shape index (κ3) is 4.35. The summed E-state index contributed by atoms with van der Waals surface area (Å²) >= 11 is 0. The van der Waals surface area contributed by atoms with E-state index >= 15 is 0 Å². The number of hydrogen-bond donors (Lipinski definition) is 1. The van der Waals surface area contributed by atoms with Gasteiger partial charge >= 0.3 is 6.03 Å². The Labute approximate surface area is 175 Å². The molecule has 156 valence electrons. The van der Waals surface area contributed by atoms with Crippen molar-refractivity contribution in [2.45, 2.75) is 33.8 Å². The van der Waals surface area contributed by atoms with Crippen LogP contribution in [0.1, 0.15) is 31.9 Å². The van der Waals surface area contributed by atoms with Crippen LogP contribution in [0.15, 0.2) is 48.0 Å². The highest BCUT2D eigenvalue weighted by Crippen LogP contribution is 2.31. The lowest BCUT2D eigenvalue weighted by Gasteiger charge is -2.27. The van der Waals surface area contributed by atoms with Gasteiger partial charge in [0, 0.05) is 0 Å². The van der Waals surface area contributed by atoms with Crippen molar-refractivity contribution >= 4 is 29.6 Å². The van der Waals surface area contributed by atoms with E-state index < -0.39 is 17.8 Å². The maximum absolute atomic E-state index is 13.0. The standard InChI is InChI=1S/C23H24N2O5/c1-5-29-20-13-16(10-11-19(20)30-14(2)3)12-17-21(26)24-23(28)25(22(17)27)18-9-7-6-8-15(18)4/h6-14H,5H2,1-4H3,(H,24,26,28)/b17-12+. The number of ether oxygens (including phenoxy) is 2. The van der Waals surface area contributed by atoms with Gasteiger partial charge in [-0.2, -0.15) is 0 Å². The molecule has 7 heteroatoms. The minimum atomic E-state index is -0.771. The average Bonchev–Trinajstić information content (AvgIpc) is 2.68. The molecular weight excluding hydrogens is 384 g/mol. The molecule has 1 saturated heterocycles. The predicted molar refractivity (Wildman–Crippen MR) is 114 cm³/mol. The molecule has 1 heterocycles. The van der Waals surface area contributed by atoms with E-state index in [4.69, 9.17) is 9.47 Å². The van der Waals surface area contributed by atoms with Crippen LogP contribution in [-0.4, -0.2) is 30.6 Å². The molecule has 0 bridgehead atoms. The van der Waals surface area contributed by atoms with Crippen molar-refractivity contribution in [2.24, 2.45) is 0 Å². The lowest BCUT2D eigenvalue weighted by molar-refractivity contribution is -0.122. The number of para-hydroxylation sites is 1. The number of barbiturate groups is 1. The van der Waals surface area contributed by atoms with Crippen LogP contribution in [0.25, 0.3) is 6.08 Å². The summed E-state index contributed by atoms with van der Waals surface area (Å²) in [7, 11) is 0. The zero-order chi connectivity index (χ0) is 21.8. The van der Waals surface area contributed by atoms with Gasteiger partial charge in [-0.3, -0.25) is 14.9 Å². The van der Waals surface area contributed by atoms with Crippen molar-refractivity contribution in [2.75, 3.05) is 11.5 Å². The highest BCUT2D eigenvalue weighted by Gasteiger charge is 2.37. The molecule has 1 N–H and O–H groups in total. The minimum Gasteiger partial charge on any atom is -0.490 e. The zero-order valence-corrected chi connectivity index (χ0v) is 17.4. The maximum atomic E-state index is 13.0. The molecule has 0 saturated carbocycles. The first-order chi connectivity index (χ1) is 14.3. The summed E-state index contributed by atoms with van der Waals surface area (Å²) < 4.78 is 11.4. The fourth-order valence-corrected chi connectivity index (χ4v) is 3.09. The topological polar surface area (TPSA) is 84.9 Å². The number of carbonyl (C=O) groups excluding carboxylic acids is 3. The number of hydrogen-bond acceptors (Lipinski definition) is 5. The van der Waals surface area contributed by atoms with E-state index in [1.165, 1.54) is 6.08 Å². The molecule has 1 aliphatic rings. The first kappa shape index (κ1) is 21.1. The number of anilines is 1. The first-order valence-electron chi connectivity index (χ1n) is 9.72. The van der Waals surface area contributed by atoms with E-state index in [1.807, 2.05) is 26.8 Å². The third-order valence-electron chi connectivity index (χ3n) is 4.40. The molecule has 2 aromatic carbocycles. The maximum Gasteiger partial charge on any atom is 0.335 e. The SMILES string of the molecule is CCOc1cc(/C=C2\C(=O)NC(=O)N(c3ccccc3C)C2=O)ccc1OC(C)C. The third-order valence-corrected chi connectivity index (χ3v) is 4.40. The number of nitrogens with one attached hydrogen (secondary N) is 1. The van der Waals surface area contributed by atoms with Gasteiger partial charge in [-0.15, -0.1) is 0 Å². The average molecular weight is 408 g/mol. The number of benzene rings is 2. The van der Waals surface area contributed by atoms with Crippen molar-refractivity contribution in [1.29, 1.82) is 0 Å². The second-order valence-electron chi connectivity index (χ2n) is 7.05. The van der Waals surface area contributed by atoms with Gasteiger partial charge in [0.1, 0.15) is 5.57 Å². The lowest BCUT2D eigenvalue weighted by Crippen LogP contribution is -2.54. The van der Waals surface area contributed by atoms with E-state index in [0.717, 1.165) is 10.5 Å². The molecule has 0 aliphatic carbocycles. The van der Waals surface area contributed by atoms with Gasteiger partial charge in [0.05, 0.1) is 18.4 Å². The van der Waals surface area contributed by atoms with Gasteiger partial charge in [-0.05, 0) is 63.1 Å². The second kappa shape index (κ2) is 8.82. The van der Waals surface area contributed by atoms with Gasteiger partial charge < -0.3 is 9.47 Å². The van der Waals surface area contributed by atoms with Crippen molar-refractivity contribution < 1.29 is 23.9 Å². The number of carbonyl (C=O) groups is 3. The van der Waals surface area contributed by atoms with Crippen LogP contribution in [0.2, 0.25) is 0 Å². The summed E-state index contributed by atoms with van der Waals surface area (Å²) in [4.78, 5) is 38.8. The van der Waals surface area contributed by atoms with E-state index in [1.54, 1.807) is 43.3 Å². The summed E-state index contributed by atoms with van der Waals surface area (Å²) in [5.41, 5.74) is 1.60. The van der Waals surface area contributed by atoms with Crippen molar-refractivity contribution in [1.82, 2.24) is 5.32 Å². The van der Waals surface area contributed by atoms with E-state index in [9.17, 15) is 14.4 Å². The largest absolute Gasteiger partial charge is 0.490 e. The smallest absolute Gasteiger partial charge is 0.335 e. The molecule has 3 rings (SSSR count). The molecule has 4 amide bonds. The molecule has 0 unspecified atom stereocenters. The van der Waals surface area contributed by atoms with Crippen molar-refractivity contribution in [3.8, 4) is 11.5 Å². The summed E-state index contributed by atoms with van der Waals surface area (Å²) in [6.45, 7) is 7.90. The van der Waals surface area contributed by atoms with E-state index in [0.29, 0.717) is 29.4 Å². The lowest BCUT2D eigenvalue weighted by atomic mass is 10.1. The fraction of sp³-hybridized carbons (Fsp3) is 0.261. The van der Waals surface area contributed by atoms with Crippen LogP contribution >= 0.6 is 0 Å². The van der Waals surface area contributed by atoms with Crippen LogP contribution in [0.3, 0.4) is 0 Å². The Morgan fingerprint density at radius 3 is 2.47 bits per heavy atom. The normalized spacial score (nSPS) is 15.6. The quantitative estimate of drug-likeness (QED) is 0.580. The zero-order valence-electron chi connectivity index (χ0n) is 17.4. The van der Waals surface area contributed by atoms with Crippen LogP contribution in [0, 0.1) is 6.92 Å². The monoisotopic (exact) mass is 408 g/mol. The van der Waals surface area contributed by atoms with Crippen LogP contribution < -0.4 is 19.7 Å². The summed E-state index contributed by atoms with van der Waals surface area (Å²) in [6, 6.07) is 11.4. The highest BCUT2D eigenvalue weighted by molar-refractivity contribution is 6.39. The predicted octanol–water partition coefficient (Wildman–Crippen LogP) is 3.85. The molecule has 2 aromatic rings. The van der Waals surface area contributed by atoms with Crippen LogP contribution in [0.5, 0.6) is 11.5 Å². The Morgan fingerprint density at radius 1 is 1.07 bits per heavy atom. The molecule has 1 fully saturated rings. The first-order valence-corrected chi connectivity index (χ1v) is 9.72. The van der Waals surface area contributed by atoms with E-state index in [2.05, 4.69) is 5.32 Å². The molecule has 30 heavy (non-hydrogen) atoms. The molecular formula is C23H24N2O5. The van der Waals surface area contributed by atoms with Crippen LogP contribution in [-0.2, 0) is 9.59 Å². The Kier molecular flexibility index (Phi) is 6.20. The van der Waals surface area contributed by atoms with E-state index in [-0.39, 0.29) is 11.7 Å². The number of aryl methyl sites for hydroxylation is 1. The van der Waals surface area contributed by atoms with Gasteiger partial charge in [-0.25, -0.2) is 9.69 Å². The van der Waals surface area contributed by atoms with Gasteiger partial charge in [0.25, 0.3) is 11.8 Å².